The van der Waals surface area contributed by atoms with E-state index in [0.29, 0.717) is 6.04 Å². The van der Waals surface area contributed by atoms with E-state index in [9.17, 15) is 0 Å². The van der Waals surface area contributed by atoms with Crippen molar-refractivity contribution in [2.24, 2.45) is 0 Å². The van der Waals surface area contributed by atoms with Crippen molar-refractivity contribution >= 4 is 23.7 Å². The molecule has 0 amide bonds. The summed E-state index contributed by atoms with van der Waals surface area (Å²) < 4.78 is 5.45. The number of ether oxygens (including phenoxy) is 1. The Balaban J connectivity index is 0.000000963. The van der Waals surface area contributed by atoms with Gasteiger partial charge in [0.25, 0.3) is 0 Å². The van der Waals surface area contributed by atoms with Gasteiger partial charge >= 0.3 is 0 Å². The Morgan fingerprint density at radius 1 is 1.44 bits per heavy atom. The fourth-order valence-electron chi connectivity index (χ4n) is 2.08. The fourth-order valence-corrected chi connectivity index (χ4v) is 3.04. The van der Waals surface area contributed by atoms with Crippen LogP contribution in [0.1, 0.15) is 41.9 Å². The maximum absolute atomic E-state index is 5.45. The molecule has 3 nitrogen and oxygen atoms in total. The van der Waals surface area contributed by atoms with Crippen LogP contribution in [0.3, 0.4) is 0 Å². The summed E-state index contributed by atoms with van der Waals surface area (Å²) in [7, 11) is 0. The minimum atomic E-state index is 0. The molecule has 0 bridgehead atoms. The molecule has 5 heteroatoms. The number of nitrogens with one attached hydrogen (secondary N) is 1. The molecule has 2 aliphatic rings. The molecule has 1 aromatic heterocycles. The Kier molecular flexibility index (Phi) is 4.19. The number of rotatable bonds is 2. The minimum Gasteiger partial charge on any atom is -0.378 e. The van der Waals surface area contributed by atoms with Gasteiger partial charge in [0.15, 0.2) is 0 Å². The molecular weight excluding hydrogens is 244 g/mol. The highest BCUT2D eigenvalue weighted by Crippen LogP contribution is 2.37. The molecule has 1 aliphatic carbocycles. The van der Waals surface area contributed by atoms with Crippen molar-refractivity contribution in [1.82, 2.24) is 10.3 Å². The molecule has 1 saturated carbocycles. The summed E-state index contributed by atoms with van der Waals surface area (Å²) in [6, 6.07) is 0.331. The van der Waals surface area contributed by atoms with E-state index in [4.69, 9.17) is 9.72 Å². The van der Waals surface area contributed by atoms with Gasteiger partial charge in [-0.1, -0.05) is 6.42 Å². The SMILES string of the molecule is Cl.c1sc(C2COCCN2)nc1C1CCC1. The zero-order valence-corrected chi connectivity index (χ0v) is 10.8. The Hall–Kier alpha value is -0.160. The standard InChI is InChI=1S/C11H16N2OS.ClH/c1-2-8(3-1)10-7-15-11(13-10)9-6-14-5-4-12-9;/h7-9,12H,1-6H2;1H. The first-order valence-electron chi connectivity index (χ1n) is 5.70. The first kappa shape index (κ1) is 12.3. The molecule has 1 N–H and O–H groups in total. The van der Waals surface area contributed by atoms with E-state index in [1.807, 2.05) is 0 Å². The highest BCUT2D eigenvalue weighted by molar-refractivity contribution is 7.09. The smallest absolute Gasteiger partial charge is 0.112 e. The van der Waals surface area contributed by atoms with Gasteiger partial charge in [-0.25, -0.2) is 4.98 Å². The lowest BCUT2D eigenvalue weighted by Gasteiger charge is -2.24. The zero-order valence-electron chi connectivity index (χ0n) is 9.15. The third-order valence-electron chi connectivity index (χ3n) is 3.28. The van der Waals surface area contributed by atoms with Crippen molar-refractivity contribution in [2.45, 2.75) is 31.2 Å². The lowest BCUT2D eigenvalue weighted by atomic mass is 9.83. The topological polar surface area (TPSA) is 34.1 Å². The third kappa shape index (κ3) is 2.40. The van der Waals surface area contributed by atoms with Crippen molar-refractivity contribution < 1.29 is 4.74 Å². The lowest BCUT2D eigenvalue weighted by Crippen LogP contribution is -2.34. The molecule has 0 spiro atoms. The first-order chi connectivity index (χ1) is 7.43. The van der Waals surface area contributed by atoms with Crippen molar-refractivity contribution in [2.75, 3.05) is 19.8 Å². The monoisotopic (exact) mass is 260 g/mol. The minimum absolute atomic E-state index is 0. The van der Waals surface area contributed by atoms with Crippen LogP contribution < -0.4 is 5.32 Å². The van der Waals surface area contributed by atoms with Crippen molar-refractivity contribution in [3.63, 3.8) is 0 Å². The molecule has 90 valence electrons. The molecule has 0 radical (unpaired) electrons. The number of aromatic nitrogens is 1. The van der Waals surface area contributed by atoms with Crippen LogP contribution in [0.5, 0.6) is 0 Å². The van der Waals surface area contributed by atoms with Gasteiger partial charge in [0.1, 0.15) is 5.01 Å². The third-order valence-corrected chi connectivity index (χ3v) is 4.26. The summed E-state index contributed by atoms with van der Waals surface area (Å²) >= 11 is 1.78. The van der Waals surface area contributed by atoms with Gasteiger partial charge in [0.05, 0.1) is 24.9 Å². The van der Waals surface area contributed by atoms with Gasteiger partial charge in [0, 0.05) is 17.8 Å². The molecule has 2 heterocycles. The molecule has 0 aromatic carbocycles. The van der Waals surface area contributed by atoms with E-state index in [-0.39, 0.29) is 12.4 Å². The fraction of sp³-hybridized carbons (Fsp3) is 0.727. The number of nitrogens with zero attached hydrogens (tertiary/aromatic N) is 1. The first-order valence-corrected chi connectivity index (χ1v) is 6.58. The highest BCUT2D eigenvalue weighted by Gasteiger charge is 2.24. The van der Waals surface area contributed by atoms with Crippen LogP contribution in [0.2, 0.25) is 0 Å². The number of morpholine rings is 1. The van der Waals surface area contributed by atoms with E-state index in [1.54, 1.807) is 11.3 Å². The maximum atomic E-state index is 5.45. The Labute approximate surface area is 106 Å². The predicted molar refractivity (Wildman–Crippen MR) is 67.5 cm³/mol. The summed E-state index contributed by atoms with van der Waals surface area (Å²) in [5.41, 5.74) is 1.31. The quantitative estimate of drug-likeness (QED) is 0.887. The van der Waals surface area contributed by atoms with Gasteiger partial charge in [-0.15, -0.1) is 23.7 Å². The molecular formula is C11H17ClN2OS. The van der Waals surface area contributed by atoms with Crippen LogP contribution >= 0.6 is 23.7 Å². The second kappa shape index (κ2) is 5.45. The molecule has 1 saturated heterocycles. The summed E-state index contributed by atoms with van der Waals surface area (Å²) in [4.78, 5) is 4.73. The predicted octanol–water partition coefficient (Wildman–Crippen LogP) is 2.49. The number of halogens is 1. The molecule has 1 aromatic rings. The molecule has 16 heavy (non-hydrogen) atoms. The number of hydrogen-bond acceptors (Lipinski definition) is 4. The average Bonchev–Trinajstić information content (AvgIpc) is 2.66. The van der Waals surface area contributed by atoms with Crippen molar-refractivity contribution in [3.8, 4) is 0 Å². The normalized spacial score (nSPS) is 25.9. The van der Waals surface area contributed by atoms with E-state index in [0.717, 1.165) is 25.7 Å². The van der Waals surface area contributed by atoms with E-state index in [1.165, 1.54) is 30.0 Å². The largest absolute Gasteiger partial charge is 0.378 e. The van der Waals surface area contributed by atoms with Crippen LogP contribution in [0, 0.1) is 0 Å². The Bertz CT molecular complexity index is 334. The summed E-state index contributed by atoms with van der Waals surface area (Å²) in [5.74, 6) is 0.750. The number of thiazole rings is 1. The molecule has 2 fully saturated rings. The highest BCUT2D eigenvalue weighted by atomic mass is 35.5. The van der Waals surface area contributed by atoms with Gasteiger partial charge in [-0.05, 0) is 12.8 Å². The molecule has 3 rings (SSSR count). The van der Waals surface area contributed by atoms with Gasteiger partial charge in [0.2, 0.25) is 0 Å². The Morgan fingerprint density at radius 3 is 2.94 bits per heavy atom. The average molecular weight is 261 g/mol. The molecule has 1 aliphatic heterocycles. The summed E-state index contributed by atoms with van der Waals surface area (Å²) in [5, 5.41) is 6.88. The van der Waals surface area contributed by atoms with Gasteiger partial charge in [-0.3, -0.25) is 0 Å². The van der Waals surface area contributed by atoms with Gasteiger partial charge in [-0.2, -0.15) is 0 Å². The zero-order chi connectivity index (χ0) is 10.1. The van der Waals surface area contributed by atoms with E-state index < -0.39 is 0 Å². The summed E-state index contributed by atoms with van der Waals surface area (Å²) in [6.07, 6.45) is 4.04. The molecule has 1 unspecified atom stereocenters. The van der Waals surface area contributed by atoms with Crippen molar-refractivity contribution in [1.29, 1.82) is 0 Å². The van der Waals surface area contributed by atoms with Crippen LogP contribution in [0.15, 0.2) is 5.38 Å². The second-order valence-corrected chi connectivity index (χ2v) is 5.21. The number of hydrogen-bond donors (Lipinski definition) is 1. The van der Waals surface area contributed by atoms with Crippen LogP contribution in [-0.2, 0) is 4.74 Å². The summed E-state index contributed by atoms with van der Waals surface area (Å²) in [6.45, 7) is 2.55. The lowest BCUT2D eigenvalue weighted by molar-refractivity contribution is 0.0767. The van der Waals surface area contributed by atoms with Gasteiger partial charge < -0.3 is 10.1 Å². The van der Waals surface area contributed by atoms with E-state index in [2.05, 4.69) is 10.7 Å². The van der Waals surface area contributed by atoms with Crippen LogP contribution in [0.4, 0.5) is 0 Å². The molecule has 1 atom stereocenters. The van der Waals surface area contributed by atoms with Crippen molar-refractivity contribution in [3.05, 3.63) is 16.1 Å². The Morgan fingerprint density at radius 2 is 2.31 bits per heavy atom. The van der Waals surface area contributed by atoms with Crippen LogP contribution in [-0.4, -0.2) is 24.7 Å². The van der Waals surface area contributed by atoms with Crippen LogP contribution in [0.25, 0.3) is 0 Å². The second-order valence-electron chi connectivity index (χ2n) is 4.32. The van der Waals surface area contributed by atoms with E-state index >= 15 is 0 Å². The maximum Gasteiger partial charge on any atom is 0.112 e.